The maximum absolute atomic E-state index is 12.2. The molecule has 5 atom stereocenters. The molecule has 0 radical (unpaired) electrons. The van der Waals surface area contributed by atoms with E-state index in [4.69, 9.17) is 4.74 Å². The van der Waals surface area contributed by atoms with Crippen LogP contribution in [0.3, 0.4) is 0 Å². The summed E-state index contributed by atoms with van der Waals surface area (Å²) in [5.41, 5.74) is 0.280. The third-order valence-corrected chi connectivity index (χ3v) is 8.51. The molecule has 0 saturated carbocycles. The molecule has 9 heteroatoms. The van der Waals surface area contributed by atoms with Crippen molar-refractivity contribution in [3.63, 3.8) is 0 Å². The summed E-state index contributed by atoms with van der Waals surface area (Å²) in [4.78, 5) is 25.7. The Morgan fingerprint density at radius 1 is 1.59 bits per heavy atom. The van der Waals surface area contributed by atoms with E-state index in [1.165, 1.54) is 35.5 Å². The van der Waals surface area contributed by atoms with E-state index in [1.54, 1.807) is 6.92 Å². The topological polar surface area (TPSA) is 83.9 Å². The minimum absolute atomic E-state index is 0.196. The molecule has 122 valence electrons. The van der Waals surface area contributed by atoms with Crippen LogP contribution in [-0.2, 0) is 25.1 Å². The summed E-state index contributed by atoms with van der Waals surface area (Å²) >= 11 is 2.94. The number of esters is 1. The first kappa shape index (κ1) is 16.4. The second kappa shape index (κ2) is 6.18. The lowest BCUT2D eigenvalue weighted by molar-refractivity contribution is -0.157. The Balaban J connectivity index is 1.83. The standard InChI is InChI=1S/C13H17NO5S3/c1-6(15)8-10(16)14-9(12(17)19-2)13(21-11(8)14)20-7-3-4-22(18)5-7/h6-8,11,15H,3-5H2,1-2H3/t6-,7+,8+,11-,22-/m1/s1. The highest BCUT2D eigenvalue weighted by molar-refractivity contribution is 8.23. The minimum Gasteiger partial charge on any atom is -0.464 e. The van der Waals surface area contributed by atoms with Crippen molar-refractivity contribution in [1.82, 2.24) is 4.90 Å². The number of aliphatic hydroxyl groups is 1. The predicted octanol–water partition coefficient (Wildman–Crippen LogP) is 0.495. The van der Waals surface area contributed by atoms with Gasteiger partial charge in [-0.05, 0) is 13.3 Å². The van der Waals surface area contributed by atoms with Crippen LogP contribution in [0.5, 0.6) is 0 Å². The molecule has 22 heavy (non-hydrogen) atoms. The molecule has 3 aliphatic rings. The Labute approximate surface area is 139 Å². The molecule has 0 aromatic carbocycles. The van der Waals surface area contributed by atoms with Gasteiger partial charge in [-0.15, -0.1) is 11.8 Å². The van der Waals surface area contributed by atoms with Crippen molar-refractivity contribution in [2.24, 2.45) is 5.92 Å². The summed E-state index contributed by atoms with van der Waals surface area (Å²) in [5.74, 6) is 0.0423. The molecule has 0 aromatic heterocycles. The lowest BCUT2D eigenvalue weighted by atomic mass is 9.92. The number of hydrogen-bond donors (Lipinski definition) is 1. The van der Waals surface area contributed by atoms with Crippen LogP contribution in [0.25, 0.3) is 0 Å². The first-order valence-electron chi connectivity index (χ1n) is 6.96. The van der Waals surface area contributed by atoms with E-state index in [9.17, 15) is 18.9 Å². The maximum Gasteiger partial charge on any atom is 0.356 e. The van der Waals surface area contributed by atoms with Gasteiger partial charge in [-0.1, -0.05) is 11.8 Å². The first-order chi connectivity index (χ1) is 10.4. The summed E-state index contributed by atoms with van der Waals surface area (Å²) in [6.07, 6.45) is 0.0947. The Hall–Kier alpha value is -0.510. The molecule has 0 bridgehead atoms. The highest BCUT2D eigenvalue weighted by Crippen LogP contribution is 2.55. The number of carbonyl (C=O) groups excluding carboxylic acids is 2. The summed E-state index contributed by atoms with van der Waals surface area (Å²) < 4.78 is 17.1. The van der Waals surface area contributed by atoms with Crippen molar-refractivity contribution >= 4 is 46.2 Å². The van der Waals surface area contributed by atoms with Gasteiger partial charge in [0.05, 0.1) is 23.4 Å². The van der Waals surface area contributed by atoms with Crippen LogP contribution >= 0.6 is 23.5 Å². The van der Waals surface area contributed by atoms with Crippen LogP contribution in [0.1, 0.15) is 13.3 Å². The summed E-state index contributed by atoms with van der Waals surface area (Å²) in [7, 11) is 0.499. The van der Waals surface area contributed by atoms with E-state index >= 15 is 0 Å². The molecular formula is C13H17NO5S3. The van der Waals surface area contributed by atoms with Gasteiger partial charge >= 0.3 is 5.97 Å². The number of rotatable bonds is 4. The van der Waals surface area contributed by atoms with Crippen molar-refractivity contribution in [3.8, 4) is 0 Å². The zero-order valence-corrected chi connectivity index (χ0v) is 14.6. The average molecular weight is 363 g/mol. The second-order valence-corrected chi connectivity index (χ2v) is 9.77. The number of thioether (sulfide) groups is 2. The van der Waals surface area contributed by atoms with Crippen LogP contribution < -0.4 is 0 Å². The number of amides is 1. The molecule has 6 nitrogen and oxygen atoms in total. The van der Waals surface area contributed by atoms with Crippen molar-refractivity contribution < 1.29 is 23.6 Å². The highest BCUT2D eigenvalue weighted by Gasteiger charge is 2.58. The van der Waals surface area contributed by atoms with Crippen LogP contribution in [0.15, 0.2) is 9.93 Å². The number of hydrogen-bond acceptors (Lipinski definition) is 7. The molecule has 1 amide bonds. The molecule has 2 saturated heterocycles. The monoisotopic (exact) mass is 363 g/mol. The number of methoxy groups -OCH3 is 1. The molecule has 0 unspecified atom stereocenters. The van der Waals surface area contributed by atoms with E-state index in [2.05, 4.69) is 0 Å². The maximum atomic E-state index is 12.2. The minimum atomic E-state index is -0.789. The fourth-order valence-corrected chi connectivity index (χ4v) is 8.05. The molecule has 3 heterocycles. The Kier molecular flexibility index (Phi) is 4.59. The van der Waals surface area contributed by atoms with Gasteiger partial charge in [0.1, 0.15) is 5.37 Å². The van der Waals surface area contributed by atoms with E-state index in [0.29, 0.717) is 11.5 Å². The van der Waals surface area contributed by atoms with Gasteiger partial charge < -0.3 is 9.84 Å². The average Bonchev–Trinajstić information content (AvgIpc) is 3.00. The molecule has 3 aliphatic heterocycles. The van der Waals surface area contributed by atoms with Gasteiger partial charge in [0.15, 0.2) is 5.70 Å². The van der Waals surface area contributed by atoms with E-state index in [0.717, 1.165) is 10.7 Å². The second-order valence-electron chi connectivity index (χ2n) is 5.45. The predicted molar refractivity (Wildman–Crippen MR) is 86.3 cm³/mol. The van der Waals surface area contributed by atoms with Gasteiger partial charge in [-0.25, -0.2) is 4.79 Å². The molecular weight excluding hydrogens is 346 g/mol. The van der Waals surface area contributed by atoms with Crippen molar-refractivity contribution in [3.05, 3.63) is 9.93 Å². The molecule has 3 rings (SSSR count). The molecule has 0 spiro atoms. The fraction of sp³-hybridized carbons (Fsp3) is 0.692. The van der Waals surface area contributed by atoms with E-state index < -0.39 is 28.8 Å². The fourth-order valence-electron chi connectivity index (χ4n) is 2.80. The SMILES string of the molecule is COC(=O)C1=C(S[C@H]2CC[S@@](=O)C2)S[C@@H]2[C@@H]([C@@H](C)O)C(=O)N12. The van der Waals surface area contributed by atoms with Crippen molar-refractivity contribution in [2.45, 2.75) is 30.1 Å². The first-order valence-corrected chi connectivity index (χ1v) is 10.2. The smallest absolute Gasteiger partial charge is 0.356 e. The molecule has 0 aliphatic carbocycles. The molecule has 2 fully saturated rings. The number of carbonyl (C=O) groups is 2. The summed E-state index contributed by atoms with van der Waals surface area (Å²) in [6, 6.07) is 0. The van der Waals surface area contributed by atoms with Gasteiger partial charge in [-0.2, -0.15) is 0 Å². The Bertz CT molecular complexity index is 576. The van der Waals surface area contributed by atoms with Gasteiger partial charge in [0.25, 0.3) is 0 Å². The van der Waals surface area contributed by atoms with Crippen LogP contribution in [0.4, 0.5) is 0 Å². The third kappa shape index (κ3) is 2.61. The third-order valence-electron chi connectivity index (χ3n) is 3.96. The number of ether oxygens (including phenoxy) is 1. The molecule has 0 aromatic rings. The van der Waals surface area contributed by atoms with E-state index in [-0.39, 0.29) is 22.2 Å². The lowest BCUT2D eigenvalue weighted by Crippen LogP contribution is -2.60. The Morgan fingerprint density at radius 3 is 2.86 bits per heavy atom. The zero-order chi connectivity index (χ0) is 16.0. The van der Waals surface area contributed by atoms with Gasteiger partial charge in [0, 0.05) is 27.6 Å². The largest absolute Gasteiger partial charge is 0.464 e. The zero-order valence-electron chi connectivity index (χ0n) is 12.2. The highest BCUT2D eigenvalue weighted by atomic mass is 32.2. The molecule has 1 N–H and O–H groups in total. The van der Waals surface area contributed by atoms with Crippen molar-refractivity contribution in [1.29, 1.82) is 0 Å². The van der Waals surface area contributed by atoms with Gasteiger partial charge in [-0.3, -0.25) is 13.9 Å². The van der Waals surface area contributed by atoms with Crippen LogP contribution in [0, 0.1) is 5.92 Å². The number of fused-ring (bicyclic) bond motifs is 1. The van der Waals surface area contributed by atoms with Crippen molar-refractivity contribution in [2.75, 3.05) is 18.6 Å². The normalized spacial score (nSPS) is 35.4. The van der Waals surface area contributed by atoms with Crippen LogP contribution in [-0.4, -0.2) is 61.4 Å². The summed E-state index contributed by atoms with van der Waals surface area (Å²) in [6.45, 7) is 1.59. The van der Waals surface area contributed by atoms with Crippen LogP contribution in [0.2, 0.25) is 0 Å². The van der Waals surface area contributed by atoms with E-state index in [1.807, 2.05) is 0 Å². The number of nitrogens with zero attached hydrogens (tertiary/aromatic N) is 1. The Morgan fingerprint density at radius 2 is 2.32 bits per heavy atom. The number of β-lactam (4-membered cyclic amide) rings is 1. The number of aliphatic hydroxyl groups excluding tert-OH is 1. The lowest BCUT2D eigenvalue weighted by Gasteiger charge is -2.43. The summed E-state index contributed by atoms with van der Waals surface area (Å²) in [5, 5.41) is 9.69. The van der Waals surface area contributed by atoms with Gasteiger partial charge in [0.2, 0.25) is 5.91 Å². The quantitative estimate of drug-likeness (QED) is 0.575.